The van der Waals surface area contributed by atoms with E-state index in [0.717, 1.165) is 27.7 Å². The first kappa shape index (κ1) is 28.0. The smallest absolute Gasteiger partial charge is 0.348 e. The number of fused-ring (bicyclic) bond motifs is 2. The van der Waals surface area contributed by atoms with E-state index in [1.807, 2.05) is 36.4 Å². The van der Waals surface area contributed by atoms with Crippen LogP contribution in [-0.4, -0.2) is 36.6 Å². The monoisotopic (exact) mass is 552 g/mol. The van der Waals surface area contributed by atoms with Gasteiger partial charge in [-0.25, -0.2) is 9.59 Å². The lowest BCUT2D eigenvalue weighted by atomic mass is 10.1. The van der Waals surface area contributed by atoms with Gasteiger partial charge in [0.15, 0.2) is 8.32 Å². The summed E-state index contributed by atoms with van der Waals surface area (Å²) >= 11 is 1.14. The number of aromatic nitrogens is 2. The molecule has 9 heteroatoms. The molecule has 0 bridgehead atoms. The summed E-state index contributed by atoms with van der Waals surface area (Å²) in [6.07, 6.45) is 0. The van der Waals surface area contributed by atoms with Gasteiger partial charge in [-0.3, -0.25) is 13.9 Å². The molecule has 0 amide bonds. The molecule has 0 N–H and O–H groups in total. The molecule has 202 valence electrons. The Bertz CT molecular complexity index is 1620. The van der Waals surface area contributed by atoms with E-state index in [-0.39, 0.29) is 31.3 Å². The van der Waals surface area contributed by atoms with Crippen molar-refractivity contribution in [3.05, 3.63) is 79.3 Å². The molecular weight excluding hydrogens is 516 g/mol. The molecule has 2 aromatic heterocycles. The molecule has 2 heterocycles. The topological polar surface area (TPSA) is 79.5 Å². The van der Waals surface area contributed by atoms with Crippen LogP contribution in [0.25, 0.3) is 21.0 Å². The summed E-state index contributed by atoms with van der Waals surface area (Å²) in [5.41, 5.74) is 0.660. The predicted octanol–water partition coefficient (Wildman–Crippen LogP) is 5.93. The van der Waals surface area contributed by atoms with Crippen LogP contribution in [0.1, 0.15) is 48.5 Å². The number of rotatable bonds is 8. The summed E-state index contributed by atoms with van der Waals surface area (Å²) in [4.78, 5) is 41.0. The van der Waals surface area contributed by atoms with E-state index in [9.17, 15) is 14.4 Å². The number of benzene rings is 2. The average Bonchev–Trinajstić information content (AvgIpc) is 3.20. The Hall–Kier alpha value is -3.01. The summed E-state index contributed by atoms with van der Waals surface area (Å²) in [7, 11) is -2.06. The highest BCUT2D eigenvalue weighted by molar-refractivity contribution is 7.20. The van der Waals surface area contributed by atoms with Crippen molar-refractivity contribution in [2.45, 2.75) is 65.8 Å². The summed E-state index contributed by atoms with van der Waals surface area (Å²) in [6, 6.07) is 14.1. The standard InChI is InChI=1S/C29H36N2O5SSi/c1-8-35-27(33)24-19(2)23-25(32)30(15-16-36-38(6,7)29(3,4)5)28(34)31(26(23)37-24)18-20-13-14-21-11-9-10-12-22(21)17-20/h9-14,17H,8,15-16,18H2,1-7H3. The average molecular weight is 553 g/mol. The number of aryl methyl sites for hydroxylation is 1. The van der Waals surface area contributed by atoms with Crippen molar-refractivity contribution in [1.29, 1.82) is 0 Å². The van der Waals surface area contributed by atoms with Gasteiger partial charge in [0.2, 0.25) is 0 Å². The fourth-order valence-corrected chi connectivity index (χ4v) is 6.47. The van der Waals surface area contributed by atoms with Gasteiger partial charge in [-0.2, -0.15) is 0 Å². The molecular formula is C29H36N2O5SSi. The summed E-state index contributed by atoms with van der Waals surface area (Å²) in [6.45, 7) is 15.1. The molecule has 38 heavy (non-hydrogen) atoms. The molecule has 0 saturated heterocycles. The van der Waals surface area contributed by atoms with Crippen LogP contribution in [0.15, 0.2) is 52.1 Å². The molecule has 4 rings (SSSR count). The Balaban J connectivity index is 1.84. The maximum atomic E-state index is 13.8. The maximum absolute atomic E-state index is 13.8. The fourth-order valence-electron chi connectivity index (χ4n) is 4.25. The van der Waals surface area contributed by atoms with E-state index < -0.39 is 25.5 Å². The highest BCUT2D eigenvalue weighted by atomic mass is 32.1. The van der Waals surface area contributed by atoms with Gasteiger partial charge in [0.05, 0.1) is 31.7 Å². The van der Waals surface area contributed by atoms with Crippen LogP contribution in [0.2, 0.25) is 18.1 Å². The number of ether oxygens (including phenoxy) is 1. The third-order valence-electron chi connectivity index (χ3n) is 7.49. The van der Waals surface area contributed by atoms with Gasteiger partial charge in [-0.1, -0.05) is 57.2 Å². The zero-order valence-electron chi connectivity index (χ0n) is 23.2. The van der Waals surface area contributed by atoms with Crippen LogP contribution in [0, 0.1) is 6.92 Å². The van der Waals surface area contributed by atoms with Crippen LogP contribution in [0.4, 0.5) is 0 Å². The molecule has 0 aliphatic carbocycles. The Morgan fingerprint density at radius 2 is 1.71 bits per heavy atom. The number of thiophene rings is 1. The van der Waals surface area contributed by atoms with Crippen molar-refractivity contribution < 1.29 is 14.0 Å². The molecule has 0 saturated carbocycles. The lowest BCUT2D eigenvalue weighted by molar-refractivity contribution is 0.0531. The Kier molecular flexibility index (Phi) is 7.83. The molecule has 0 spiro atoms. The van der Waals surface area contributed by atoms with Crippen molar-refractivity contribution in [2.24, 2.45) is 0 Å². The van der Waals surface area contributed by atoms with E-state index in [4.69, 9.17) is 9.16 Å². The zero-order chi connectivity index (χ0) is 27.8. The summed E-state index contributed by atoms with van der Waals surface area (Å²) in [5, 5.41) is 2.57. The second kappa shape index (κ2) is 10.6. The van der Waals surface area contributed by atoms with Crippen LogP contribution in [-0.2, 0) is 22.3 Å². The van der Waals surface area contributed by atoms with Crippen molar-refractivity contribution in [1.82, 2.24) is 9.13 Å². The zero-order valence-corrected chi connectivity index (χ0v) is 25.0. The first-order valence-corrected chi connectivity index (χ1v) is 16.6. The second-order valence-corrected chi connectivity index (χ2v) is 16.9. The van der Waals surface area contributed by atoms with Crippen molar-refractivity contribution in [2.75, 3.05) is 13.2 Å². The SMILES string of the molecule is CCOC(=O)c1sc2c(c1C)c(=O)n(CCO[Si](C)(C)C(C)(C)C)c(=O)n2Cc1ccc2ccccc2c1. The van der Waals surface area contributed by atoms with Gasteiger partial charge in [-0.15, -0.1) is 11.3 Å². The summed E-state index contributed by atoms with van der Waals surface area (Å²) in [5.74, 6) is -0.483. The van der Waals surface area contributed by atoms with E-state index in [1.165, 1.54) is 4.57 Å². The summed E-state index contributed by atoms with van der Waals surface area (Å²) < 4.78 is 14.4. The molecule has 0 aliphatic rings. The minimum absolute atomic E-state index is 0.0106. The third-order valence-corrected chi connectivity index (χ3v) is 13.3. The number of hydrogen-bond acceptors (Lipinski definition) is 6. The highest BCUT2D eigenvalue weighted by Gasteiger charge is 2.37. The normalized spacial score (nSPS) is 12.4. The van der Waals surface area contributed by atoms with Gasteiger partial charge in [-0.05, 0) is 59.9 Å². The first-order chi connectivity index (χ1) is 17.9. The van der Waals surface area contributed by atoms with Crippen molar-refractivity contribution in [3.63, 3.8) is 0 Å². The van der Waals surface area contributed by atoms with Gasteiger partial charge in [0.25, 0.3) is 5.56 Å². The maximum Gasteiger partial charge on any atom is 0.348 e. The van der Waals surface area contributed by atoms with E-state index >= 15 is 0 Å². The first-order valence-electron chi connectivity index (χ1n) is 12.9. The third kappa shape index (κ3) is 5.28. The number of carbonyl (C=O) groups excluding carboxylic acids is 1. The molecule has 0 fully saturated rings. The van der Waals surface area contributed by atoms with Crippen LogP contribution >= 0.6 is 11.3 Å². The Labute approximate surface area is 227 Å². The van der Waals surface area contributed by atoms with Gasteiger partial charge < -0.3 is 9.16 Å². The lowest BCUT2D eigenvalue weighted by Crippen LogP contribution is -2.44. The fraction of sp³-hybridized carbons (Fsp3) is 0.414. The second-order valence-electron chi connectivity index (χ2n) is 11.1. The van der Waals surface area contributed by atoms with Crippen molar-refractivity contribution >= 4 is 46.6 Å². The van der Waals surface area contributed by atoms with Gasteiger partial charge >= 0.3 is 11.7 Å². The van der Waals surface area contributed by atoms with Gasteiger partial charge in [0.1, 0.15) is 9.71 Å². The molecule has 4 aromatic rings. The Morgan fingerprint density at radius 3 is 2.37 bits per heavy atom. The van der Waals surface area contributed by atoms with E-state index in [0.29, 0.717) is 20.7 Å². The van der Waals surface area contributed by atoms with Crippen molar-refractivity contribution in [3.8, 4) is 0 Å². The predicted molar refractivity (Wildman–Crippen MR) is 157 cm³/mol. The number of nitrogens with zero attached hydrogens (tertiary/aromatic N) is 2. The van der Waals surface area contributed by atoms with Crippen LogP contribution in [0.3, 0.4) is 0 Å². The number of hydrogen-bond donors (Lipinski definition) is 0. The molecule has 7 nitrogen and oxygen atoms in total. The largest absolute Gasteiger partial charge is 0.462 e. The van der Waals surface area contributed by atoms with Gasteiger partial charge in [0, 0.05) is 0 Å². The quantitative estimate of drug-likeness (QED) is 0.200. The van der Waals surface area contributed by atoms with E-state index in [2.05, 4.69) is 39.9 Å². The molecule has 0 atom stereocenters. The van der Waals surface area contributed by atoms with Crippen LogP contribution < -0.4 is 11.2 Å². The number of carbonyl (C=O) groups is 1. The minimum atomic E-state index is -2.06. The molecule has 0 radical (unpaired) electrons. The van der Waals surface area contributed by atoms with E-state index in [1.54, 1.807) is 18.4 Å². The number of esters is 1. The lowest BCUT2D eigenvalue weighted by Gasteiger charge is -2.36. The molecule has 2 aromatic carbocycles. The Morgan fingerprint density at radius 1 is 1.03 bits per heavy atom. The molecule has 0 unspecified atom stereocenters. The highest BCUT2D eigenvalue weighted by Crippen LogP contribution is 2.36. The van der Waals surface area contributed by atoms with Crippen LogP contribution in [0.5, 0.6) is 0 Å². The minimum Gasteiger partial charge on any atom is -0.462 e. The molecule has 0 aliphatic heterocycles.